The van der Waals surface area contributed by atoms with Crippen LogP contribution in [0.25, 0.3) is 11.1 Å². The summed E-state index contributed by atoms with van der Waals surface area (Å²) < 4.78 is 11.3. The lowest BCUT2D eigenvalue weighted by molar-refractivity contribution is 0.0462. The van der Waals surface area contributed by atoms with Crippen LogP contribution in [0.5, 0.6) is 0 Å². The summed E-state index contributed by atoms with van der Waals surface area (Å²) in [5, 5.41) is 5.99. The third-order valence-corrected chi connectivity index (χ3v) is 8.57. The van der Waals surface area contributed by atoms with Gasteiger partial charge >= 0.3 is 11.9 Å². The second-order valence-electron chi connectivity index (χ2n) is 12.5. The van der Waals surface area contributed by atoms with Gasteiger partial charge in [0.05, 0.1) is 17.7 Å². The topological polar surface area (TPSA) is 163 Å². The Bertz CT molecular complexity index is 2100. The minimum atomic E-state index is -0.660. The number of para-hydroxylation sites is 1. The highest BCUT2D eigenvalue weighted by Gasteiger charge is 2.22. The van der Waals surface area contributed by atoms with E-state index in [0.29, 0.717) is 51.3 Å². The normalized spacial score (nSPS) is 10.6. The molecule has 0 aliphatic heterocycles. The third-order valence-electron chi connectivity index (χ3n) is 8.57. The van der Waals surface area contributed by atoms with Gasteiger partial charge in [0.1, 0.15) is 13.2 Å². The molecule has 6 rings (SSSR count). The second kappa shape index (κ2) is 17.3. The van der Waals surface area contributed by atoms with E-state index in [4.69, 9.17) is 20.9 Å². The molecule has 0 aliphatic rings. The molecule has 0 unspecified atom stereocenters. The lowest BCUT2D eigenvalue weighted by Gasteiger charge is -2.15. The Morgan fingerprint density at radius 1 is 0.519 bits per heavy atom. The minimum Gasteiger partial charge on any atom is -0.457 e. The predicted octanol–water partition coefficient (Wildman–Crippen LogP) is 7.46. The number of anilines is 3. The fourth-order valence-corrected chi connectivity index (χ4v) is 5.64. The first-order chi connectivity index (χ1) is 26.2. The maximum Gasteiger partial charge on any atom is 0.339 e. The number of ether oxygens (including phenoxy) is 2. The molecule has 0 heterocycles. The average Bonchev–Trinajstić information content (AvgIpc) is 3.21. The van der Waals surface area contributed by atoms with E-state index in [0.717, 1.165) is 11.3 Å². The van der Waals surface area contributed by atoms with Gasteiger partial charge in [-0.25, -0.2) is 9.59 Å². The van der Waals surface area contributed by atoms with Crippen LogP contribution in [0, 0.1) is 0 Å². The van der Waals surface area contributed by atoms with E-state index in [1.807, 2.05) is 60.7 Å². The molecule has 0 radical (unpaired) electrons. The fourth-order valence-electron chi connectivity index (χ4n) is 5.64. The molecular weight excluding hydrogens is 681 g/mol. The van der Waals surface area contributed by atoms with Crippen LogP contribution in [0.15, 0.2) is 146 Å². The Morgan fingerprint density at radius 3 is 1.52 bits per heavy atom. The molecule has 1 amide bonds. The molecule has 0 atom stereocenters. The molecule has 0 saturated heterocycles. The van der Waals surface area contributed by atoms with Crippen LogP contribution in [-0.2, 0) is 29.2 Å². The van der Waals surface area contributed by atoms with Crippen LogP contribution in [0.4, 0.5) is 17.1 Å². The Morgan fingerprint density at radius 2 is 1.00 bits per heavy atom. The van der Waals surface area contributed by atoms with Crippen molar-refractivity contribution in [3.05, 3.63) is 185 Å². The number of amides is 1. The number of hydrogen-bond donors (Lipinski definition) is 4. The second-order valence-corrected chi connectivity index (χ2v) is 12.5. The molecule has 0 spiro atoms. The summed E-state index contributed by atoms with van der Waals surface area (Å²) in [5.41, 5.74) is 18.1. The highest BCUT2D eigenvalue weighted by molar-refractivity contribution is 6.04. The smallest absolute Gasteiger partial charge is 0.339 e. The summed E-state index contributed by atoms with van der Waals surface area (Å²) in [6.45, 7) is 0.415. The van der Waals surface area contributed by atoms with E-state index >= 15 is 0 Å². The number of nitrogen functional groups attached to an aromatic ring is 2. The predicted molar refractivity (Wildman–Crippen MR) is 209 cm³/mol. The Kier molecular flexibility index (Phi) is 11.8. The van der Waals surface area contributed by atoms with Crippen LogP contribution < -0.4 is 22.1 Å². The fraction of sp³-hybridized carbons (Fsp3) is 0.0909. The number of hydrogen-bond acceptors (Lipinski definition) is 9. The largest absolute Gasteiger partial charge is 0.457 e. The van der Waals surface area contributed by atoms with E-state index in [1.165, 1.54) is 12.1 Å². The molecule has 6 aromatic rings. The van der Waals surface area contributed by atoms with Gasteiger partial charge in [0.2, 0.25) is 0 Å². The van der Waals surface area contributed by atoms with E-state index in [2.05, 4.69) is 10.6 Å². The van der Waals surface area contributed by atoms with Crippen molar-refractivity contribution in [1.29, 1.82) is 0 Å². The zero-order valence-electron chi connectivity index (χ0n) is 29.3. The summed E-state index contributed by atoms with van der Waals surface area (Å²) in [6.07, 6.45) is 0. The number of esters is 2. The number of nitrogens with one attached hydrogen (secondary N) is 2. The highest BCUT2D eigenvalue weighted by Crippen LogP contribution is 2.32. The monoisotopic (exact) mass is 718 g/mol. The van der Waals surface area contributed by atoms with E-state index < -0.39 is 11.9 Å². The molecule has 6 N–H and O–H groups in total. The van der Waals surface area contributed by atoms with Crippen molar-refractivity contribution >= 4 is 40.7 Å². The van der Waals surface area contributed by atoms with Crippen LogP contribution in [0.2, 0.25) is 0 Å². The molecule has 0 saturated carbocycles. The maximum atomic E-state index is 13.5. The van der Waals surface area contributed by atoms with Gasteiger partial charge in [-0.2, -0.15) is 0 Å². The number of ketones is 1. The number of carbonyl (C=O) groups excluding carboxylic acids is 4. The SMILES string of the molecule is Nc1ccc(-c2ccc(N)cc2C(=O)OCc2ccc(C(=O)NCc3ccccc3)cc2)c(C(=O)OCc2ccc(C(=O)CNc3ccccc3)cc2)c1. The van der Waals surface area contributed by atoms with Crippen molar-refractivity contribution in [3.8, 4) is 11.1 Å². The molecule has 6 aromatic carbocycles. The molecule has 54 heavy (non-hydrogen) atoms. The van der Waals surface area contributed by atoms with E-state index in [9.17, 15) is 19.2 Å². The van der Waals surface area contributed by atoms with Gasteiger partial charge in [-0.15, -0.1) is 0 Å². The van der Waals surface area contributed by atoms with Gasteiger partial charge in [-0.05, 0) is 76.3 Å². The Balaban J connectivity index is 1.09. The van der Waals surface area contributed by atoms with Gasteiger partial charge in [-0.1, -0.05) is 97.1 Å². The summed E-state index contributed by atoms with van der Waals surface area (Å²) in [7, 11) is 0. The van der Waals surface area contributed by atoms with Gasteiger partial charge < -0.3 is 31.6 Å². The third kappa shape index (κ3) is 9.56. The molecular formula is C44H38N4O6. The molecule has 0 aromatic heterocycles. The molecule has 0 bridgehead atoms. The first kappa shape index (κ1) is 36.6. The maximum absolute atomic E-state index is 13.5. The standard InChI is InChI=1S/C44H38N4O6/c45-34-19-21-37(39(23-34)43(51)53-27-30-11-15-32(16-12-30)41(49)26-47-36-9-5-2-6-10-36)38-22-20-35(46)24-40(38)44(52)54-28-31-13-17-33(18-14-31)42(50)48-25-29-7-3-1-4-8-29/h1-24,47H,25-28,45-46H2,(H,48,50). The number of benzene rings is 6. The molecule has 10 nitrogen and oxygen atoms in total. The summed E-state index contributed by atoms with van der Waals surface area (Å²) in [6, 6.07) is 42.2. The van der Waals surface area contributed by atoms with Gasteiger partial charge in [0.25, 0.3) is 5.91 Å². The van der Waals surface area contributed by atoms with Crippen LogP contribution >= 0.6 is 0 Å². The summed E-state index contributed by atoms with van der Waals surface area (Å²) in [4.78, 5) is 52.3. The van der Waals surface area contributed by atoms with E-state index in [1.54, 1.807) is 72.8 Å². The van der Waals surface area contributed by atoms with Crippen LogP contribution in [0.3, 0.4) is 0 Å². The average molecular weight is 719 g/mol. The van der Waals surface area contributed by atoms with Crippen molar-refractivity contribution in [3.63, 3.8) is 0 Å². The lowest BCUT2D eigenvalue weighted by Crippen LogP contribution is -2.22. The lowest BCUT2D eigenvalue weighted by atomic mass is 9.94. The van der Waals surface area contributed by atoms with Gasteiger partial charge in [0, 0.05) is 34.7 Å². The number of rotatable bonds is 14. The van der Waals surface area contributed by atoms with Crippen LogP contribution in [0.1, 0.15) is 58.1 Å². The number of Topliss-reactive ketones (excluding diaryl/α,β-unsaturated/α-hetero) is 1. The number of carbonyl (C=O) groups is 4. The first-order valence-electron chi connectivity index (χ1n) is 17.2. The molecule has 10 heteroatoms. The number of nitrogens with two attached hydrogens (primary N) is 2. The van der Waals surface area contributed by atoms with Crippen molar-refractivity contribution in [2.24, 2.45) is 0 Å². The van der Waals surface area contributed by atoms with Crippen LogP contribution in [-0.4, -0.2) is 30.2 Å². The summed E-state index contributed by atoms with van der Waals surface area (Å²) in [5.74, 6) is -1.62. The Hall–Kier alpha value is -7.20. The quantitative estimate of drug-likeness (QED) is 0.0509. The van der Waals surface area contributed by atoms with Gasteiger partial charge in [-0.3, -0.25) is 9.59 Å². The zero-order valence-corrected chi connectivity index (χ0v) is 29.3. The van der Waals surface area contributed by atoms with Crippen molar-refractivity contribution in [1.82, 2.24) is 5.32 Å². The minimum absolute atomic E-state index is 0.0616. The molecule has 270 valence electrons. The van der Waals surface area contributed by atoms with Gasteiger partial charge in [0.15, 0.2) is 5.78 Å². The highest BCUT2D eigenvalue weighted by atomic mass is 16.5. The van der Waals surface area contributed by atoms with E-state index in [-0.39, 0.29) is 42.6 Å². The van der Waals surface area contributed by atoms with Crippen molar-refractivity contribution < 1.29 is 28.7 Å². The molecule has 0 aliphatic carbocycles. The Labute approximate surface area is 312 Å². The first-order valence-corrected chi connectivity index (χ1v) is 17.2. The summed E-state index contributed by atoms with van der Waals surface area (Å²) >= 11 is 0. The molecule has 0 fully saturated rings. The zero-order chi connectivity index (χ0) is 37.9. The van der Waals surface area contributed by atoms with Crippen molar-refractivity contribution in [2.45, 2.75) is 19.8 Å². The van der Waals surface area contributed by atoms with Crippen molar-refractivity contribution in [2.75, 3.05) is 23.3 Å².